The Morgan fingerprint density at radius 1 is 1.20 bits per heavy atom. The van der Waals surface area contributed by atoms with Gasteiger partial charge in [-0.3, -0.25) is 9.59 Å². The molecule has 0 aliphatic rings. The van der Waals surface area contributed by atoms with Crippen LogP contribution >= 0.6 is 12.4 Å². The molecule has 25 heavy (non-hydrogen) atoms. The molecular formula is C17H23ClN4O3. The van der Waals surface area contributed by atoms with Crippen molar-refractivity contribution in [2.45, 2.75) is 6.92 Å². The van der Waals surface area contributed by atoms with Gasteiger partial charge in [0, 0.05) is 38.5 Å². The van der Waals surface area contributed by atoms with E-state index in [0.29, 0.717) is 31.9 Å². The first-order chi connectivity index (χ1) is 11.6. The Kier molecular flexibility index (Phi) is 8.83. The number of para-hydroxylation sites is 1. The fraction of sp³-hybridized carbons (Fsp3) is 0.353. The summed E-state index contributed by atoms with van der Waals surface area (Å²) in [6, 6.07) is 10.8. The third kappa shape index (κ3) is 5.97. The van der Waals surface area contributed by atoms with Crippen LogP contribution < -0.4 is 16.1 Å². The monoisotopic (exact) mass is 366 g/mol. The molecule has 0 bridgehead atoms. The van der Waals surface area contributed by atoms with Crippen LogP contribution in [0.15, 0.2) is 41.2 Å². The molecule has 1 aromatic heterocycles. The summed E-state index contributed by atoms with van der Waals surface area (Å²) in [5, 5.41) is 10.0. The number of carbonyl (C=O) groups is 1. The van der Waals surface area contributed by atoms with E-state index < -0.39 is 5.91 Å². The maximum absolute atomic E-state index is 12.2. The first-order valence-electron chi connectivity index (χ1n) is 7.77. The van der Waals surface area contributed by atoms with Crippen LogP contribution in [0.25, 0.3) is 5.69 Å². The molecule has 1 heterocycles. The minimum absolute atomic E-state index is 0. The Labute approximate surface area is 152 Å². The van der Waals surface area contributed by atoms with Crippen molar-refractivity contribution in [1.29, 1.82) is 0 Å². The lowest BCUT2D eigenvalue weighted by atomic mass is 10.2. The van der Waals surface area contributed by atoms with Gasteiger partial charge < -0.3 is 15.4 Å². The highest BCUT2D eigenvalue weighted by molar-refractivity contribution is 5.92. The van der Waals surface area contributed by atoms with Gasteiger partial charge in [0.25, 0.3) is 5.91 Å². The molecule has 0 aliphatic carbocycles. The molecule has 7 nitrogen and oxygen atoms in total. The van der Waals surface area contributed by atoms with Gasteiger partial charge in [0.05, 0.1) is 12.3 Å². The number of aromatic nitrogens is 2. The standard InChI is InChI=1S/C17H22N4O3.ClH/c1-13-12-15(22)16(17(23)19-9-8-18-10-11-24-2)20-21(13)14-6-4-3-5-7-14;/h3-7,12,18H,8-11H2,1-2H3,(H,19,23);1H. The van der Waals surface area contributed by atoms with E-state index in [1.54, 1.807) is 18.7 Å². The number of ether oxygens (including phenoxy) is 1. The van der Waals surface area contributed by atoms with E-state index in [9.17, 15) is 9.59 Å². The number of halogens is 1. The van der Waals surface area contributed by atoms with Crippen LogP contribution in [0.2, 0.25) is 0 Å². The molecule has 0 saturated carbocycles. The SMILES string of the molecule is COCCNCCNC(=O)c1nn(-c2ccccc2)c(C)cc1=O.Cl. The number of nitrogens with one attached hydrogen (secondary N) is 2. The van der Waals surface area contributed by atoms with E-state index in [2.05, 4.69) is 15.7 Å². The Balaban J connectivity index is 0.00000312. The van der Waals surface area contributed by atoms with Gasteiger partial charge in [-0.1, -0.05) is 18.2 Å². The number of amides is 1. The topological polar surface area (TPSA) is 85.2 Å². The molecule has 2 rings (SSSR count). The molecule has 0 spiro atoms. The van der Waals surface area contributed by atoms with E-state index in [-0.39, 0.29) is 23.5 Å². The zero-order valence-electron chi connectivity index (χ0n) is 14.3. The predicted octanol–water partition coefficient (Wildman–Crippen LogP) is 0.929. The van der Waals surface area contributed by atoms with Crippen molar-refractivity contribution in [3.8, 4) is 5.69 Å². The summed E-state index contributed by atoms with van der Waals surface area (Å²) in [6.07, 6.45) is 0. The van der Waals surface area contributed by atoms with Crippen LogP contribution in [0.1, 0.15) is 16.2 Å². The van der Waals surface area contributed by atoms with Crippen LogP contribution in [0.4, 0.5) is 0 Å². The molecule has 0 fully saturated rings. The molecule has 8 heteroatoms. The summed E-state index contributed by atoms with van der Waals surface area (Å²) in [6.45, 7) is 4.09. The third-order valence-corrected chi connectivity index (χ3v) is 3.39. The fourth-order valence-corrected chi connectivity index (χ4v) is 2.18. The molecule has 0 radical (unpaired) electrons. The summed E-state index contributed by atoms with van der Waals surface area (Å²) >= 11 is 0. The molecule has 136 valence electrons. The zero-order valence-corrected chi connectivity index (χ0v) is 15.1. The van der Waals surface area contributed by atoms with E-state index in [0.717, 1.165) is 5.69 Å². The lowest BCUT2D eigenvalue weighted by molar-refractivity contribution is 0.0945. The highest BCUT2D eigenvalue weighted by Gasteiger charge is 2.14. The van der Waals surface area contributed by atoms with E-state index in [1.807, 2.05) is 30.3 Å². The summed E-state index contributed by atoms with van der Waals surface area (Å²) < 4.78 is 6.51. The third-order valence-electron chi connectivity index (χ3n) is 3.39. The highest BCUT2D eigenvalue weighted by atomic mass is 35.5. The summed E-state index contributed by atoms with van der Waals surface area (Å²) in [5.74, 6) is -0.474. The largest absolute Gasteiger partial charge is 0.383 e. The summed E-state index contributed by atoms with van der Waals surface area (Å²) in [7, 11) is 1.63. The van der Waals surface area contributed by atoms with Crippen molar-refractivity contribution in [2.24, 2.45) is 0 Å². The van der Waals surface area contributed by atoms with Crippen molar-refractivity contribution in [3.05, 3.63) is 58.0 Å². The predicted molar refractivity (Wildman–Crippen MR) is 98.9 cm³/mol. The van der Waals surface area contributed by atoms with Gasteiger partial charge in [-0.05, 0) is 19.1 Å². The second kappa shape index (κ2) is 10.6. The molecule has 0 aliphatic heterocycles. The van der Waals surface area contributed by atoms with Crippen LogP contribution in [0.5, 0.6) is 0 Å². The lowest BCUT2D eigenvalue weighted by Crippen LogP contribution is -2.36. The summed E-state index contributed by atoms with van der Waals surface area (Å²) in [4.78, 5) is 24.3. The minimum Gasteiger partial charge on any atom is -0.383 e. The minimum atomic E-state index is -0.474. The Hall–Kier alpha value is -2.22. The summed E-state index contributed by atoms with van der Waals surface area (Å²) in [5.41, 5.74) is 0.972. The highest BCUT2D eigenvalue weighted by Crippen LogP contribution is 2.07. The number of carbonyl (C=O) groups excluding carboxylic acids is 1. The first-order valence-corrected chi connectivity index (χ1v) is 7.77. The van der Waals surface area contributed by atoms with Gasteiger partial charge in [0.2, 0.25) is 5.43 Å². The van der Waals surface area contributed by atoms with Crippen LogP contribution in [0, 0.1) is 6.92 Å². The van der Waals surface area contributed by atoms with Gasteiger partial charge in [0.1, 0.15) is 0 Å². The van der Waals surface area contributed by atoms with Crippen molar-refractivity contribution < 1.29 is 9.53 Å². The zero-order chi connectivity index (χ0) is 17.4. The van der Waals surface area contributed by atoms with Crippen LogP contribution in [-0.4, -0.2) is 49.0 Å². The smallest absolute Gasteiger partial charge is 0.275 e. The van der Waals surface area contributed by atoms with Gasteiger partial charge in [-0.25, -0.2) is 4.68 Å². The number of benzene rings is 1. The number of methoxy groups -OCH3 is 1. The molecular weight excluding hydrogens is 344 g/mol. The number of hydrogen-bond acceptors (Lipinski definition) is 5. The number of hydrogen-bond donors (Lipinski definition) is 2. The molecule has 0 saturated heterocycles. The van der Waals surface area contributed by atoms with Crippen molar-refractivity contribution >= 4 is 18.3 Å². The molecule has 0 unspecified atom stereocenters. The van der Waals surface area contributed by atoms with E-state index in [4.69, 9.17) is 4.74 Å². The number of nitrogens with zero attached hydrogens (tertiary/aromatic N) is 2. The second-order valence-electron chi connectivity index (χ2n) is 5.24. The Bertz CT molecular complexity index is 734. The van der Waals surface area contributed by atoms with E-state index in [1.165, 1.54) is 6.07 Å². The molecule has 1 aromatic carbocycles. The van der Waals surface area contributed by atoms with Crippen LogP contribution in [0.3, 0.4) is 0 Å². The quantitative estimate of drug-likeness (QED) is 0.679. The lowest BCUT2D eigenvalue weighted by Gasteiger charge is -2.11. The Morgan fingerprint density at radius 3 is 2.60 bits per heavy atom. The van der Waals surface area contributed by atoms with Crippen molar-refractivity contribution in [2.75, 3.05) is 33.4 Å². The van der Waals surface area contributed by atoms with Crippen molar-refractivity contribution in [1.82, 2.24) is 20.4 Å². The second-order valence-corrected chi connectivity index (χ2v) is 5.24. The molecule has 2 aromatic rings. The molecule has 0 atom stereocenters. The van der Waals surface area contributed by atoms with Crippen LogP contribution in [-0.2, 0) is 4.74 Å². The maximum Gasteiger partial charge on any atom is 0.275 e. The average molecular weight is 367 g/mol. The normalized spacial score (nSPS) is 10.2. The molecule has 2 N–H and O–H groups in total. The average Bonchev–Trinajstić information content (AvgIpc) is 2.58. The van der Waals surface area contributed by atoms with Gasteiger partial charge in [-0.15, -0.1) is 12.4 Å². The fourth-order valence-electron chi connectivity index (χ4n) is 2.18. The van der Waals surface area contributed by atoms with E-state index >= 15 is 0 Å². The van der Waals surface area contributed by atoms with Gasteiger partial charge >= 0.3 is 0 Å². The first kappa shape index (κ1) is 20.8. The van der Waals surface area contributed by atoms with Gasteiger partial charge in [0.15, 0.2) is 5.69 Å². The maximum atomic E-state index is 12.2. The number of aryl methyl sites for hydroxylation is 1. The Morgan fingerprint density at radius 2 is 1.92 bits per heavy atom. The van der Waals surface area contributed by atoms with Crippen molar-refractivity contribution in [3.63, 3.8) is 0 Å². The molecule has 1 amide bonds. The number of rotatable bonds is 8. The van der Waals surface area contributed by atoms with Gasteiger partial charge in [-0.2, -0.15) is 5.10 Å².